The highest BCUT2D eigenvalue weighted by Crippen LogP contribution is 2.33. The summed E-state index contributed by atoms with van der Waals surface area (Å²) < 4.78 is 2.23. The number of carbonyl (C=O) groups is 1. The summed E-state index contributed by atoms with van der Waals surface area (Å²) in [5.74, 6) is 0.314. The van der Waals surface area contributed by atoms with Gasteiger partial charge < -0.3 is 9.47 Å². The molecule has 20 heavy (non-hydrogen) atoms. The SMILES string of the molecule is CC(C)C1c2cccn2CCN1C(=O)c1cnccn1. The van der Waals surface area contributed by atoms with Crippen LogP contribution in [0.4, 0.5) is 0 Å². The Morgan fingerprint density at radius 1 is 1.35 bits per heavy atom. The van der Waals surface area contributed by atoms with Gasteiger partial charge in [-0.05, 0) is 18.1 Å². The van der Waals surface area contributed by atoms with E-state index in [9.17, 15) is 4.79 Å². The van der Waals surface area contributed by atoms with Crippen molar-refractivity contribution in [2.75, 3.05) is 6.54 Å². The molecule has 0 aromatic carbocycles. The summed E-state index contributed by atoms with van der Waals surface area (Å²) in [5, 5.41) is 0. The summed E-state index contributed by atoms with van der Waals surface area (Å²) in [6, 6.07) is 4.23. The van der Waals surface area contributed by atoms with Gasteiger partial charge >= 0.3 is 0 Å². The van der Waals surface area contributed by atoms with E-state index in [1.54, 1.807) is 12.4 Å². The molecule has 0 fully saturated rings. The minimum Gasteiger partial charge on any atom is -0.348 e. The van der Waals surface area contributed by atoms with E-state index in [0.717, 1.165) is 6.54 Å². The molecule has 3 heterocycles. The molecule has 104 valence electrons. The van der Waals surface area contributed by atoms with Crippen LogP contribution in [0.15, 0.2) is 36.9 Å². The van der Waals surface area contributed by atoms with Crippen molar-refractivity contribution in [3.05, 3.63) is 48.3 Å². The molecular weight excluding hydrogens is 252 g/mol. The summed E-state index contributed by atoms with van der Waals surface area (Å²) in [7, 11) is 0. The first kappa shape index (κ1) is 12.8. The predicted molar refractivity (Wildman–Crippen MR) is 75.1 cm³/mol. The van der Waals surface area contributed by atoms with Crippen LogP contribution >= 0.6 is 0 Å². The van der Waals surface area contributed by atoms with Crippen molar-refractivity contribution in [3.8, 4) is 0 Å². The summed E-state index contributed by atoms with van der Waals surface area (Å²) in [4.78, 5) is 22.7. The topological polar surface area (TPSA) is 51.0 Å². The van der Waals surface area contributed by atoms with Crippen LogP contribution in [0.5, 0.6) is 0 Å². The smallest absolute Gasteiger partial charge is 0.274 e. The maximum absolute atomic E-state index is 12.7. The van der Waals surface area contributed by atoms with Crippen molar-refractivity contribution in [3.63, 3.8) is 0 Å². The second-order valence-electron chi connectivity index (χ2n) is 5.40. The minimum absolute atomic E-state index is 0.0377. The lowest BCUT2D eigenvalue weighted by atomic mass is 9.97. The standard InChI is InChI=1S/C15H18N4O/c1-11(2)14-13-4-3-7-18(13)8-9-19(14)15(20)12-10-16-5-6-17-12/h3-7,10-11,14H,8-9H2,1-2H3. The van der Waals surface area contributed by atoms with Crippen molar-refractivity contribution in [1.29, 1.82) is 0 Å². The molecule has 0 bridgehead atoms. The molecule has 0 saturated carbocycles. The van der Waals surface area contributed by atoms with Crippen LogP contribution in [0.25, 0.3) is 0 Å². The Bertz CT molecular complexity index is 605. The van der Waals surface area contributed by atoms with E-state index in [2.05, 4.69) is 40.6 Å². The Kier molecular flexibility index (Phi) is 3.26. The van der Waals surface area contributed by atoms with Crippen molar-refractivity contribution in [1.82, 2.24) is 19.4 Å². The Morgan fingerprint density at radius 2 is 2.20 bits per heavy atom. The van der Waals surface area contributed by atoms with Gasteiger partial charge in [0.25, 0.3) is 5.91 Å². The van der Waals surface area contributed by atoms with Crippen LogP contribution in [-0.4, -0.2) is 31.9 Å². The normalized spacial score (nSPS) is 18.1. The van der Waals surface area contributed by atoms with E-state index in [1.165, 1.54) is 11.9 Å². The molecule has 0 radical (unpaired) electrons. The van der Waals surface area contributed by atoms with Crippen LogP contribution < -0.4 is 0 Å². The largest absolute Gasteiger partial charge is 0.348 e. The summed E-state index contributed by atoms with van der Waals surface area (Å²) in [5.41, 5.74) is 1.61. The summed E-state index contributed by atoms with van der Waals surface area (Å²) >= 11 is 0. The number of hydrogen-bond acceptors (Lipinski definition) is 3. The van der Waals surface area contributed by atoms with E-state index in [4.69, 9.17) is 0 Å². The Hall–Kier alpha value is -2.17. The van der Waals surface area contributed by atoms with Gasteiger partial charge in [0.15, 0.2) is 0 Å². The van der Waals surface area contributed by atoms with Gasteiger partial charge in [-0.15, -0.1) is 0 Å². The van der Waals surface area contributed by atoms with Gasteiger partial charge in [0, 0.05) is 37.4 Å². The van der Waals surface area contributed by atoms with Gasteiger partial charge in [-0.3, -0.25) is 9.78 Å². The van der Waals surface area contributed by atoms with Crippen molar-refractivity contribution in [2.24, 2.45) is 5.92 Å². The first-order chi connectivity index (χ1) is 9.68. The first-order valence-electron chi connectivity index (χ1n) is 6.90. The molecule has 2 aromatic rings. The average molecular weight is 270 g/mol. The number of aromatic nitrogens is 3. The van der Waals surface area contributed by atoms with Gasteiger partial charge in [0.05, 0.1) is 12.2 Å². The van der Waals surface area contributed by atoms with Crippen molar-refractivity contribution in [2.45, 2.75) is 26.4 Å². The second-order valence-corrected chi connectivity index (χ2v) is 5.40. The maximum atomic E-state index is 12.7. The average Bonchev–Trinajstić information content (AvgIpc) is 2.94. The fraction of sp³-hybridized carbons (Fsp3) is 0.400. The zero-order valence-electron chi connectivity index (χ0n) is 11.7. The molecule has 1 unspecified atom stereocenters. The lowest BCUT2D eigenvalue weighted by Gasteiger charge is -2.39. The molecular formula is C15H18N4O. The lowest BCUT2D eigenvalue weighted by molar-refractivity contribution is 0.0550. The van der Waals surface area contributed by atoms with Crippen LogP contribution in [0.3, 0.4) is 0 Å². The molecule has 0 N–H and O–H groups in total. The third-order valence-corrected chi connectivity index (χ3v) is 3.76. The highest BCUT2D eigenvalue weighted by Gasteiger charge is 2.33. The van der Waals surface area contributed by atoms with E-state index >= 15 is 0 Å². The lowest BCUT2D eigenvalue weighted by Crippen LogP contribution is -2.44. The van der Waals surface area contributed by atoms with Crippen molar-refractivity contribution >= 4 is 5.91 Å². The first-order valence-corrected chi connectivity index (χ1v) is 6.90. The van der Waals surface area contributed by atoms with Crippen molar-refractivity contribution < 1.29 is 4.79 Å². The zero-order valence-corrected chi connectivity index (χ0v) is 11.7. The monoisotopic (exact) mass is 270 g/mol. The molecule has 0 aliphatic carbocycles. The van der Waals surface area contributed by atoms with Gasteiger partial charge in [0.2, 0.25) is 0 Å². The van der Waals surface area contributed by atoms with Gasteiger partial charge in [-0.2, -0.15) is 0 Å². The number of amides is 1. The van der Waals surface area contributed by atoms with Gasteiger partial charge in [-0.1, -0.05) is 13.8 Å². The minimum atomic E-state index is -0.0377. The quantitative estimate of drug-likeness (QED) is 0.840. The number of carbonyl (C=O) groups excluding carboxylic acids is 1. The molecule has 5 heteroatoms. The highest BCUT2D eigenvalue weighted by molar-refractivity contribution is 5.92. The van der Waals surface area contributed by atoms with E-state index in [-0.39, 0.29) is 11.9 Å². The molecule has 0 spiro atoms. The number of rotatable bonds is 2. The molecule has 1 atom stereocenters. The number of nitrogens with zero attached hydrogens (tertiary/aromatic N) is 4. The summed E-state index contributed by atoms with van der Waals surface area (Å²) in [6.45, 7) is 5.83. The Balaban J connectivity index is 1.96. The molecule has 5 nitrogen and oxygen atoms in total. The maximum Gasteiger partial charge on any atom is 0.274 e. The third-order valence-electron chi connectivity index (χ3n) is 3.76. The Morgan fingerprint density at radius 3 is 2.90 bits per heavy atom. The van der Waals surface area contributed by atoms with Crippen LogP contribution in [0, 0.1) is 5.92 Å². The highest BCUT2D eigenvalue weighted by atomic mass is 16.2. The van der Waals surface area contributed by atoms with Crippen LogP contribution in [0.2, 0.25) is 0 Å². The molecule has 0 saturated heterocycles. The second kappa shape index (κ2) is 5.07. The van der Waals surface area contributed by atoms with Gasteiger partial charge in [-0.25, -0.2) is 4.98 Å². The van der Waals surface area contributed by atoms with E-state index in [1.807, 2.05) is 11.0 Å². The van der Waals surface area contributed by atoms with E-state index in [0.29, 0.717) is 18.2 Å². The molecule has 2 aromatic heterocycles. The number of fused-ring (bicyclic) bond motifs is 1. The molecule has 1 aliphatic heterocycles. The fourth-order valence-corrected chi connectivity index (χ4v) is 2.90. The molecule has 1 amide bonds. The fourth-order valence-electron chi connectivity index (χ4n) is 2.90. The van der Waals surface area contributed by atoms with Crippen LogP contribution in [0.1, 0.15) is 36.1 Å². The van der Waals surface area contributed by atoms with Gasteiger partial charge in [0.1, 0.15) is 5.69 Å². The number of hydrogen-bond donors (Lipinski definition) is 0. The third kappa shape index (κ3) is 2.09. The predicted octanol–water partition coefficient (Wildman–Crippen LogP) is 2.13. The van der Waals surface area contributed by atoms with Crippen LogP contribution in [-0.2, 0) is 6.54 Å². The van der Waals surface area contributed by atoms with E-state index < -0.39 is 0 Å². The zero-order chi connectivity index (χ0) is 14.1. The Labute approximate surface area is 118 Å². The molecule has 3 rings (SSSR count). The summed E-state index contributed by atoms with van der Waals surface area (Å²) in [6.07, 6.45) is 6.75. The molecule has 1 aliphatic rings.